The van der Waals surface area contributed by atoms with Crippen LogP contribution in [0, 0.1) is 0 Å². The van der Waals surface area contributed by atoms with E-state index in [0.717, 1.165) is 13.1 Å². The summed E-state index contributed by atoms with van der Waals surface area (Å²) < 4.78 is 0. The molecule has 1 fully saturated rings. The molecule has 8 heavy (non-hydrogen) atoms. The third-order valence-corrected chi connectivity index (χ3v) is 1.41. The van der Waals surface area contributed by atoms with Gasteiger partial charge in [-0.25, -0.2) is 0 Å². The summed E-state index contributed by atoms with van der Waals surface area (Å²) in [7, 11) is 0. The van der Waals surface area contributed by atoms with Crippen LogP contribution >= 0.6 is 0 Å². The molecule has 2 heteroatoms. The Morgan fingerprint density at radius 1 is 1.75 bits per heavy atom. The van der Waals surface area contributed by atoms with Gasteiger partial charge in [-0.1, -0.05) is 6.08 Å². The Labute approximate surface area is 49.4 Å². The molecule has 0 amide bonds. The SMILES string of the molecule is C=C[C@H](CO)N1CC1. The van der Waals surface area contributed by atoms with Crippen LogP contribution in [0.15, 0.2) is 12.7 Å². The number of aliphatic hydroxyl groups excluding tert-OH is 1. The predicted octanol–water partition coefficient (Wildman–Crippen LogP) is -0.151. The normalized spacial score (nSPS) is 22.6. The average molecular weight is 113 g/mol. The van der Waals surface area contributed by atoms with Crippen molar-refractivity contribution < 1.29 is 5.11 Å². The lowest BCUT2D eigenvalue weighted by Gasteiger charge is -2.07. The molecule has 1 N–H and O–H groups in total. The maximum absolute atomic E-state index is 8.62. The zero-order chi connectivity index (χ0) is 5.98. The fourth-order valence-corrected chi connectivity index (χ4v) is 0.728. The van der Waals surface area contributed by atoms with Gasteiger partial charge in [-0.2, -0.15) is 0 Å². The predicted molar refractivity (Wildman–Crippen MR) is 32.6 cm³/mol. The molecular weight excluding hydrogens is 102 g/mol. The van der Waals surface area contributed by atoms with Gasteiger partial charge in [-0.3, -0.25) is 4.90 Å². The van der Waals surface area contributed by atoms with Gasteiger partial charge in [0, 0.05) is 13.1 Å². The highest BCUT2D eigenvalue weighted by molar-refractivity contribution is 4.93. The Morgan fingerprint density at radius 3 is 2.50 bits per heavy atom. The van der Waals surface area contributed by atoms with Crippen LogP contribution < -0.4 is 0 Å². The van der Waals surface area contributed by atoms with Gasteiger partial charge in [-0.15, -0.1) is 6.58 Å². The lowest BCUT2D eigenvalue weighted by Crippen LogP contribution is -2.19. The molecule has 0 unspecified atom stereocenters. The van der Waals surface area contributed by atoms with E-state index in [4.69, 9.17) is 5.11 Å². The van der Waals surface area contributed by atoms with Crippen molar-refractivity contribution in [2.24, 2.45) is 0 Å². The minimum absolute atomic E-state index is 0.212. The summed E-state index contributed by atoms with van der Waals surface area (Å²) >= 11 is 0. The van der Waals surface area contributed by atoms with Gasteiger partial charge in [0.1, 0.15) is 0 Å². The lowest BCUT2D eigenvalue weighted by atomic mass is 10.3. The molecule has 0 spiro atoms. The summed E-state index contributed by atoms with van der Waals surface area (Å²) in [5.41, 5.74) is 0. The van der Waals surface area contributed by atoms with E-state index < -0.39 is 0 Å². The van der Waals surface area contributed by atoms with Crippen LogP contribution in [0.25, 0.3) is 0 Å². The fraction of sp³-hybridized carbons (Fsp3) is 0.667. The van der Waals surface area contributed by atoms with E-state index in [9.17, 15) is 0 Å². The second kappa shape index (κ2) is 2.29. The van der Waals surface area contributed by atoms with Gasteiger partial charge < -0.3 is 5.11 Å². The van der Waals surface area contributed by atoms with Crippen molar-refractivity contribution in [3.63, 3.8) is 0 Å². The largest absolute Gasteiger partial charge is 0.394 e. The van der Waals surface area contributed by atoms with Crippen LogP contribution in [0.5, 0.6) is 0 Å². The molecule has 1 rings (SSSR count). The number of rotatable bonds is 3. The molecule has 0 radical (unpaired) electrons. The van der Waals surface area contributed by atoms with Crippen molar-refractivity contribution in [1.82, 2.24) is 4.90 Å². The molecule has 1 heterocycles. The molecule has 0 aliphatic carbocycles. The van der Waals surface area contributed by atoms with Crippen molar-refractivity contribution in [2.45, 2.75) is 6.04 Å². The van der Waals surface area contributed by atoms with E-state index in [-0.39, 0.29) is 12.6 Å². The Balaban J connectivity index is 2.25. The summed E-state index contributed by atoms with van der Waals surface area (Å²) in [4.78, 5) is 2.16. The van der Waals surface area contributed by atoms with Gasteiger partial charge in [0.15, 0.2) is 0 Å². The van der Waals surface area contributed by atoms with Gasteiger partial charge in [0.05, 0.1) is 12.6 Å². The van der Waals surface area contributed by atoms with Gasteiger partial charge in [0.25, 0.3) is 0 Å². The second-order valence-electron chi connectivity index (χ2n) is 2.02. The minimum atomic E-state index is 0.212. The molecule has 1 saturated heterocycles. The fourth-order valence-electron chi connectivity index (χ4n) is 0.728. The Hall–Kier alpha value is -0.340. The van der Waals surface area contributed by atoms with E-state index in [0.29, 0.717) is 0 Å². The molecular formula is C6H11NO. The highest BCUT2D eigenvalue weighted by atomic mass is 16.3. The first kappa shape index (κ1) is 5.79. The van der Waals surface area contributed by atoms with E-state index in [1.165, 1.54) is 0 Å². The van der Waals surface area contributed by atoms with Crippen LogP contribution in [-0.2, 0) is 0 Å². The zero-order valence-electron chi connectivity index (χ0n) is 4.88. The summed E-state index contributed by atoms with van der Waals surface area (Å²) in [6.07, 6.45) is 1.78. The number of aliphatic hydroxyl groups is 1. The monoisotopic (exact) mass is 113 g/mol. The molecule has 1 aliphatic rings. The summed E-state index contributed by atoms with van der Waals surface area (Å²) in [6, 6.07) is 0.218. The third kappa shape index (κ3) is 1.08. The standard InChI is InChI=1S/C6H11NO/c1-2-6(5-8)7-3-4-7/h2,6,8H,1,3-5H2/t6-/m1/s1. The molecule has 2 nitrogen and oxygen atoms in total. The minimum Gasteiger partial charge on any atom is -0.394 e. The number of hydrogen-bond acceptors (Lipinski definition) is 2. The highest BCUT2D eigenvalue weighted by Gasteiger charge is 2.23. The first-order valence-electron chi connectivity index (χ1n) is 2.86. The summed E-state index contributed by atoms with van der Waals surface area (Å²) in [5.74, 6) is 0. The quantitative estimate of drug-likeness (QED) is 0.406. The first-order chi connectivity index (χ1) is 3.88. The van der Waals surface area contributed by atoms with E-state index in [1.54, 1.807) is 6.08 Å². The van der Waals surface area contributed by atoms with Crippen LogP contribution in [0.3, 0.4) is 0 Å². The van der Waals surface area contributed by atoms with Crippen molar-refractivity contribution in [3.8, 4) is 0 Å². The Morgan fingerprint density at radius 2 is 2.38 bits per heavy atom. The maximum Gasteiger partial charge on any atom is 0.0622 e. The molecule has 0 aromatic rings. The van der Waals surface area contributed by atoms with Crippen molar-refractivity contribution in [2.75, 3.05) is 19.7 Å². The summed E-state index contributed by atoms with van der Waals surface area (Å²) in [5, 5.41) is 8.62. The van der Waals surface area contributed by atoms with Crippen LogP contribution in [0.4, 0.5) is 0 Å². The lowest BCUT2D eigenvalue weighted by molar-refractivity contribution is 0.234. The Kier molecular flexibility index (Phi) is 1.65. The molecule has 0 bridgehead atoms. The molecule has 1 atom stereocenters. The number of hydrogen-bond donors (Lipinski definition) is 1. The molecule has 0 aromatic carbocycles. The van der Waals surface area contributed by atoms with Gasteiger partial charge >= 0.3 is 0 Å². The van der Waals surface area contributed by atoms with Crippen molar-refractivity contribution in [1.29, 1.82) is 0 Å². The first-order valence-corrected chi connectivity index (χ1v) is 2.86. The van der Waals surface area contributed by atoms with Crippen molar-refractivity contribution in [3.05, 3.63) is 12.7 Å². The average Bonchev–Trinajstić information content (AvgIpc) is 2.53. The summed E-state index contributed by atoms with van der Waals surface area (Å²) in [6.45, 7) is 6.05. The van der Waals surface area contributed by atoms with Crippen LogP contribution in [0.2, 0.25) is 0 Å². The van der Waals surface area contributed by atoms with Crippen LogP contribution in [0.1, 0.15) is 0 Å². The molecule has 46 valence electrons. The van der Waals surface area contributed by atoms with Crippen molar-refractivity contribution >= 4 is 0 Å². The van der Waals surface area contributed by atoms with E-state index >= 15 is 0 Å². The molecule has 0 saturated carbocycles. The topological polar surface area (TPSA) is 23.2 Å². The highest BCUT2D eigenvalue weighted by Crippen LogP contribution is 2.09. The second-order valence-corrected chi connectivity index (χ2v) is 2.02. The number of nitrogens with zero attached hydrogens (tertiary/aromatic N) is 1. The zero-order valence-corrected chi connectivity index (χ0v) is 4.88. The van der Waals surface area contributed by atoms with Crippen LogP contribution in [-0.4, -0.2) is 35.7 Å². The Bertz CT molecular complexity index is 88.5. The van der Waals surface area contributed by atoms with Gasteiger partial charge in [-0.05, 0) is 0 Å². The molecule has 1 aliphatic heterocycles. The maximum atomic E-state index is 8.62. The van der Waals surface area contributed by atoms with E-state index in [1.807, 2.05) is 0 Å². The smallest absolute Gasteiger partial charge is 0.0622 e. The van der Waals surface area contributed by atoms with Gasteiger partial charge in [0.2, 0.25) is 0 Å². The third-order valence-electron chi connectivity index (χ3n) is 1.41. The molecule has 0 aromatic heterocycles. The van der Waals surface area contributed by atoms with E-state index in [2.05, 4.69) is 11.5 Å².